The standard InChI is InChI=1S/C28H27ISSi/c1-22-21-25(8-14-26(22)13-7-24-9-15-27(29)16-10-24)6-5-23-11-17-28(18-12-23)30-19-20-31(2,3)4/h8-12,14-18,21H,19-20H2,1-4H3. The molecular weight excluding hydrogens is 523 g/mol. The lowest BCUT2D eigenvalue weighted by Gasteiger charge is -2.14. The highest BCUT2D eigenvalue weighted by atomic mass is 127. The summed E-state index contributed by atoms with van der Waals surface area (Å²) in [5.74, 6) is 14.3. The van der Waals surface area contributed by atoms with Gasteiger partial charge in [0, 0.05) is 38.8 Å². The highest BCUT2D eigenvalue weighted by Crippen LogP contribution is 2.22. The van der Waals surface area contributed by atoms with E-state index in [1.54, 1.807) is 0 Å². The molecule has 0 atom stereocenters. The van der Waals surface area contributed by atoms with E-state index in [9.17, 15) is 0 Å². The van der Waals surface area contributed by atoms with Gasteiger partial charge in [-0.3, -0.25) is 0 Å². The molecule has 0 aromatic heterocycles. The van der Waals surface area contributed by atoms with Gasteiger partial charge < -0.3 is 0 Å². The average Bonchev–Trinajstić information content (AvgIpc) is 2.73. The fourth-order valence-corrected chi connectivity index (χ4v) is 6.59. The summed E-state index contributed by atoms with van der Waals surface area (Å²) in [6.07, 6.45) is 0. The third kappa shape index (κ3) is 8.26. The second kappa shape index (κ2) is 11.1. The van der Waals surface area contributed by atoms with E-state index in [2.05, 4.69) is 140 Å². The minimum absolute atomic E-state index is 0.958. The van der Waals surface area contributed by atoms with Crippen molar-refractivity contribution in [2.24, 2.45) is 0 Å². The molecule has 0 aliphatic carbocycles. The maximum atomic E-state index is 3.29. The minimum Gasteiger partial charge on any atom is -0.126 e. The first-order chi connectivity index (χ1) is 14.8. The van der Waals surface area contributed by atoms with E-state index in [1.165, 1.54) is 20.3 Å². The lowest BCUT2D eigenvalue weighted by molar-refractivity contribution is 1.35. The number of halogens is 1. The van der Waals surface area contributed by atoms with Crippen LogP contribution in [0.25, 0.3) is 0 Å². The van der Waals surface area contributed by atoms with Crippen LogP contribution in [0.1, 0.15) is 27.8 Å². The molecule has 0 saturated carbocycles. The van der Waals surface area contributed by atoms with Crippen LogP contribution in [0, 0.1) is 34.2 Å². The van der Waals surface area contributed by atoms with Crippen LogP contribution < -0.4 is 0 Å². The summed E-state index contributed by atoms with van der Waals surface area (Å²) in [7, 11) is -0.958. The molecule has 0 unspecified atom stereocenters. The molecule has 0 bridgehead atoms. The number of benzene rings is 3. The number of aryl methyl sites for hydroxylation is 1. The molecule has 156 valence electrons. The summed E-state index contributed by atoms with van der Waals surface area (Å²) < 4.78 is 1.22. The van der Waals surface area contributed by atoms with E-state index < -0.39 is 8.07 Å². The van der Waals surface area contributed by atoms with Crippen LogP contribution >= 0.6 is 34.4 Å². The van der Waals surface area contributed by atoms with Gasteiger partial charge in [0.25, 0.3) is 0 Å². The molecule has 31 heavy (non-hydrogen) atoms. The van der Waals surface area contributed by atoms with Gasteiger partial charge in [0.05, 0.1) is 0 Å². The molecule has 3 aromatic rings. The molecule has 0 saturated heterocycles. The minimum atomic E-state index is -0.958. The quantitative estimate of drug-likeness (QED) is 0.138. The summed E-state index contributed by atoms with van der Waals surface area (Å²) in [6.45, 7) is 9.38. The third-order valence-electron chi connectivity index (χ3n) is 4.74. The first-order valence-corrected chi connectivity index (χ1v) is 16.2. The van der Waals surface area contributed by atoms with Gasteiger partial charge in [0.2, 0.25) is 0 Å². The van der Waals surface area contributed by atoms with E-state index in [-0.39, 0.29) is 0 Å². The van der Waals surface area contributed by atoms with Crippen LogP contribution in [-0.2, 0) is 0 Å². The lowest BCUT2D eigenvalue weighted by atomic mass is 10.0. The third-order valence-corrected chi connectivity index (χ3v) is 8.58. The van der Waals surface area contributed by atoms with Gasteiger partial charge in [0.15, 0.2) is 0 Å². The first-order valence-electron chi connectivity index (χ1n) is 10.4. The van der Waals surface area contributed by atoms with Gasteiger partial charge in [0.1, 0.15) is 0 Å². The molecule has 0 aliphatic heterocycles. The van der Waals surface area contributed by atoms with Gasteiger partial charge in [-0.25, -0.2) is 0 Å². The van der Waals surface area contributed by atoms with Crippen molar-refractivity contribution in [1.82, 2.24) is 0 Å². The molecule has 3 rings (SSSR count). The van der Waals surface area contributed by atoms with Crippen LogP contribution in [0.4, 0.5) is 0 Å². The molecule has 0 N–H and O–H groups in total. The van der Waals surface area contributed by atoms with E-state index in [0.717, 1.165) is 27.8 Å². The Morgan fingerprint density at radius 3 is 1.90 bits per heavy atom. The Morgan fingerprint density at radius 2 is 1.29 bits per heavy atom. The van der Waals surface area contributed by atoms with Crippen LogP contribution in [0.2, 0.25) is 25.7 Å². The van der Waals surface area contributed by atoms with Crippen molar-refractivity contribution >= 4 is 42.4 Å². The maximum absolute atomic E-state index is 3.29. The van der Waals surface area contributed by atoms with Crippen LogP contribution in [0.15, 0.2) is 71.6 Å². The second-order valence-electron chi connectivity index (χ2n) is 8.72. The molecule has 0 fully saturated rings. The van der Waals surface area contributed by atoms with E-state index >= 15 is 0 Å². The molecule has 0 aliphatic rings. The molecule has 3 aromatic carbocycles. The van der Waals surface area contributed by atoms with Crippen molar-refractivity contribution in [3.8, 4) is 23.7 Å². The molecular formula is C28H27ISSi. The fraction of sp³-hybridized carbons (Fsp3) is 0.214. The van der Waals surface area contributed by atoms with Crippen LogP contribution in [0.3, 0.4) is 0 Å². The fourth-order valence-electron chi connectivity index (χ4n) is 2.81. The summed E-state index contributed by atoms with van der Waals surface area (Å²) in [4.78, 5) is 1.33. The largest absolute Gasteiger partial charge is 0.126 e. The van der Waals surface area contributed by atoms with Crippen LogP contribution in [0.5, 0.6) is 0 Å². The van der Waals surface area contributed by atoms with Gasteiger partial charge in [-0.05, 0) is 114 Å². The smallest absolute Gasteiger partial charge is 0.0450 e. The molecule has 0 spiro atoms. The number of rotatable bonds is 4. The first kappa shape index (κ1) is 23.7. The number of thioether (sulfide) groups is 1. The molecule has 0 amide bonds. The molecule has 3 heteroatoms. The van der Waals surface area contributed by atoms with Crippen molar-refractivity contribution in [3.63, 3.8) is 0 Å². The Balaban J connectivity index is 1.64. The Morgan fingerprint density at radius 1 is 0.742 bits per heavy atom. The normalized spacial score (nSPS) is 10.6. The van der Waals surface area contributed by atoms with E-state index in [4.69, 9.17) is 0 Å². The van der Waals surface area contributed by atoms with Gasteiger partial charge in [-0.15, -0.1) is 11.8 Å². The van der Waals surface area contributed by atoms with Gasteiger partial charge in [-0.2, -0.15) is 0 Å². The van der Waals surface area contributed by atoms with Crippen LogP contribution in [-0.4, -0.2) is 13.8 Å². The van der Waals surface area contributed by atoms with Crippen molar-refractivity contribution in [1.29, 1.82) is 0 Å². The Labute approximate surface area is 206 Å². The van der Waals surface area contributed by atoms with Gasteiger partial charge in [-0.1, -0.05) is 43.3 Å². The summed E-state index contributed by atoms with van der Waals surface area (Å²) in [6, 6.07) is 24.5. The Hall–Kier alpha value is -1.92. The summed E-state index contributed by atoms with van der Waals surface area (Å²) in [5, 5.41) is 0. The predicted molar refractivity (Wildman–Crippen MR) is 148 cm³/mol. The van der Waals surface area contributed by atoms with Crippen molar-refractivity contribution < 1.29 is 0 Å². The maximum Gasteiger partial charge on any atom is 0.0450 e. The van der Waals surface area contributed by atoms with E-state index in [0.29, 0.717) is 0 Å². The summed E-state index contributed by atoms with van der Waals surface area (Å²) in [5.41, 5.74) is 5.30. The van der Waals surface area contributed by atoms with Crippen molar-refractivity contribution in [2.75, 3.05) is 5.75 Å². The highest BCUT2D eigenvalue weighted by Gasteiger charge is 2.12. The zero-order chi connectivity index (χ0) is 22.3. The SMILES string of the molecule is Cc1cc(C#Cc2ccc(SCC[Si](C)(C)C)cc2)ccc1C#Cc1ccc(I)cc1. The summed E-state index contributed by atoms with van der Waals surface area (Å²) >= 11 is 4.26. The highest BCUT2D eigenvalue weighted by molar-refractivity contribution is 14.1. The molecule has 0 heterocycles. The van der Waals surface area contributed by atoms with E-state index in [1.807, 2.05) is 11.8 Å². The number of hydrogen-bond donors (Lipinski definition) is 0. The van der Waals surface area contributed by atoms with Crippen molar-refractivity contribution in [2.45, 2.75) is 37.5 Å². The van der Waals surface area contributed by atoms with Gasteiger partial charge >= 0.3 is 0 Å². The molecule has 0 radical (unpaired) electrons. The lowest BCUT2D eigenvalue weighted by Crippen LogP contribution is -2.19. The topological polar surface area (TPSA) is 0 Å². The molecule has 0 nitrogen and oxygen atoms in total. The Bertz CT molecular complexity index is 1150. The second-order valence-corrected chi connectivity index (χ2v) is 16.8. The van der Waals surface area contributed by atoms with Crippen molar-refractivity contribution in [3.05, 3.63) is 98.1 Å². The zero-order valence-electron chi connectivity index (χ0n) is 18.6. The predicted octanol–water partition coefficient (Wildman–Crippen LogP) is 7.83. The zero-order valence-corrected chi connectivity index (χ0v) is 22.5. The number of hydrogen-bond acceptors (Lipinski definition) is 1. The average molecular weight is 551 g/mol. The monoisotopic (exact) mass is 550 g/mol. The Kier molecular flexibility index (Phi) is 8.49.